The van der Waals surface area contributed by atoms with Gasteiger partial charge in [-0.05, 0) is 56.2 Å². The lowest BCUT2D eigenvalue weighted by Crippen LogP contribution is -2.50. The molecule has 2 aliphatic rings. The van der Waals surface area contributed by atoms with E-state index in [-0.39, 0.29) is 37.1 Å². The minimum absolute atomic E-state index is 0. The minimum Gasteiger partial charge on any atom is -0.444 e. The molecule has 0 saturated carbocycles. The van der Waals surface area contributed by atoms with Crippen LogP contribution < -0.4 is 10.2 Å². The van der Waals surface area contributed by atoms with Crippen LogP contribution in [0.5, 0.6) is 0 Å². The molecule has 0 radical (unpaired) electrons. The summed E-state index contributed by atoms with van der Waals surface area (Å²) in [4.78, 5) is 29.4. The lowest BCUT2D eigenvalue weighted by atomic mass is 10.0. The molecule has 0 aliphatic carbocycles. The van der Waals surface area contributed by atoms with Gasteiger partial charge in [-0.15, -0.1) is 12.4 Å². The number of carbonyl (C=O) groups excluding carboxylic acids is 2. The molecule has 1 N–H and O–H groups in total. The van der Waals surface area contributed by atoms with Crippen molar-refractivity contribution in [1.29, 1.82) is 0 Å². The average molecular weight is 553 g/mol. The van der Waals surface area contributed by atoms with E-state index in [2.05, 4.69) is 52.0 Å². The van der Waals surface area contributed by atoms with E-state index in [1.54, 1.807) is 4.90 Å². The Morgan fingerprint density at radius 2 is 1.79 bits per heavy atom. The largest absolute Gasteiger partial charge is 0.444 e. The highest BCUT2D eigenvalue weighted by Gasteiger charge is 2.35. The fourth-order valence-electron chi connectivity index (χ4n) is 5.77. The fourth-order valence-corrected chi connectivity index (χ4v) is 6.00. The maximum Gasteiger partial charge on any atom is 0.414 e. The van der Waals surface area contributed by atoms with Gasteiger partial charge in [0.1, 0.15) is 6.61 Å². The summed E-state index contributed by atoms with van der Waals surface area (Å²) in [6.07, 6.45) is 1.19. The summed E-state index contributed by atoms with van der Waals surface area (Å²) in [6, 6.07) is 20.1. The molecule has 1 saturated heterocycles. The lowest BCUT2D eigenvalue weighted by molar-refractivity contribution is -0.117. The van der Waals surface area contributed by atoms with E-state index in [0.29, 0.717) is 11.6 Å². The van der Waals surface area contributed by atoms with Gasteiger partial charge in [-0.3, -0.25) is 14.6 Å². The number of para-hydroxylation sites is 1. The molecular weight excluding hydrogens is 523 g/mol. The second-order valence-electron chi connectivity index (χ2n) is 9.71. The molecule has 2 amide bonds. The first-order valence-corrected chi connectivity index (χ1v) is 13.2. The fraction of sp³-hybridized carbons (Fsp3) is 0.310. The number of aryl methyl sites for hydroxylation is 1. The predicted molar refractivity (Wildman–Crippen MR) is 155 cm³/mol. The van der Waals surface area contributed by atoms with Crippen LogP contribution in [0.15, 0.2) is 60.7 Å². The Bertz CT molecular complexity index is 1510. The topological polar surface area (TPSA) is 66.8 Å². The van der Waals surface area contributed by atoms with Crippen molar-refractivity contribution in [1.82, 2.24) is 9.47 Å². The number of carbonyl (C=O) groups is 2. The number of cyclic esters (lactones) is 1. The molecule has 198 valence electrons. The van der Waals surface area contributed by atoms with Crippen molar-refractivity contribution in [3.63, 3.8) is 0 Å². The zero-order valence-corrected chi connectivity index (χ0v) is 22.7. The van der Waals surface area contributed by atoms with Gasteiger partial charge in [0.2, 0.25) is 5.91 Å². The van der Waals surface area contributed by atoms with Crippen LogP contribution in [0.3, 0.4) is 0 Å². The number of amides is 2. The summed E-state index contributed by atoms with van der Waals surface area (Å²) in [6.45, 7) is 5.00. The van der Waals surface area contributed by atoms with Gasteiger partial charge < -0.3 is 14.6 Å². The Labute approximate surface area is 232 Å². The van der Waals surface area contributed by atoms with E-state index in [1.807, 2.05) is 30.3 Å². The van der Waals surface area contributed by atoms with Gasteiger partial charge in [0.25, 0.3) is 0 Å². The number of likely N-dealkylation sites (tertiary alicyclic amines) is 1. The molecule has 3 aromatic carbocycles. The Kier molecular flexibility index (Phi) is 7.52. The highest BCUT2D eigenvalue weighted by molar-refractivity contribution is 6.32. The number of rotatable bonds is 5. The van der Waals surface area contributed by atoms with Crippen molar-refractivity contribution in [2.45, 2.75) is 39.0 Å². The molecule has 9 heteroatoms. The van der Waals surface area contributed by atoms with Crippen LogP contribution in [0, 0.1) is 0 Å². The maximum absolute atomic E-state index is 12.9. The zero-order valence-electron chi connectivity index (χ0n) is 21.2. The SMILES string of the molecule is CCn1c2ccccc2c2cc(NC(=O)CN3CCC(N4C(=O)OCc5c(Cl)cccc54)CC3)ccc21.Cl. The third-order valence-electron chi connectivity index (χ3n) is 7.55. The molecule has 4 aromatic rings. The van der Waals surface area contributed by atoms with Gasteiger partial charge in [-0.1, -0.05) is 35.9 Å². The van der Waals surface area contributed by atoms with E-state index >= 15 is 0 Å². The van der Waals surface area contributed by atoms with Crippen molar-refractivity contribution in [3.05, 3.63) is 71.2 Å². The number of benzene rings is 3. The minimum atomic E-state index is -0.328. The monoisotopic (exact) mass is 552 g/mol. The van der Waals surface area contributed by atoms with Crippen LogP contribution in [0.4, 0.5) is 16.2 Å². The molecule has 7 nitrogen and oxygen atoms in total. The quantitative estimate of drug-likeness (QED) is 0.309. The molecule has 1 fully saturated rings. The van der Waals surface area contributed by atoms with Gasteiger partial charge in [0.15, 0.2) is 0 Å². The molecule has 0 unspecified atom stereocenters. The van der Waals surface area contributed by atoms with Crippen LogP contribution in [0.25, 0.3) is 21.8 Å². The number of hydrogen-bond donors (Lipinski definition) is 1. The number of fused-ring (bicyclic) bond motifs is 4. The zero-order chi connectivity index (χ0) is 25.5. The smallest absolute Gasteiger partial charge is 0.414 e. The first-order valence-electron chi connectivity index (χ1n) is 12.8. The van der Waals surface area contributed by atoms with Crippen molar-refractivity contribution >= 4 is 69.2 Å². The highest BCUT2D eigenvalue weighted by atomic mass is 35.5. The first-order chi connectivity index (χ1) is 18.0. The standard InChI is InChI=1S/C29H29ClN4O3.ClH/c1-2-33-25-8-4-3-6-21(25)22-16-19(10-11-26(22)33)31-28(35)17-32-14-12-20(13-15-32)34-27-9-5-7-24(30)23(27)18-37-29(34)36;/h3-11,16,20H,2,12-15,17-18H2,1H3,(H,31,35);1H. The molecule has 3 heterocycles. The van der Waals surface area contributed by atoms with Gasteiger partial charge in [0.05, 0.1) is 12.2 Å². The molecule has 1 aromatic heterocycles. The lowest BCUT2D eigenvalue weighted by Gasteiger charge is -2.40. The number of nitrogens with one attached hydrogen (secondary N) is 1. The van der Waals surface area contributed by atoms with Crippen molar-refractivity contribution < 1.29 is 14.3 Å². The number of nitrogens with zero attached hydrogens (tertiary/aromatic N) is 3. The van der Waals surface area contributed by atoms with E-state index in [1.165, 1.54) is 16.4 Å². The Morgan fingerprint density at radius 1 is 1.03 bits per heavy atom. The maximum atomic E-state index is 12.9. The van der Waals surface area contributed by atoms with Gasteiger partial charge >= 0.3 is 6.09 Å². The second-order valence-corrected chi connectivity index (χ2v) is 10.1. The molecule has 0 bridgehead atoms. The van der Waals surface area contributed by atoms with Crippen LogP contribution in [0.1, 0.15) is 25.3 Å². The Morgan fingerprint density at radius 3 is 2.58 bits per heavy atom. The summed E-state index contributed by atoms with van der Waals surface area (Å²) in [5.74, 6) is -0.0356. The van der Waals surface area contributed by atoms with Crippen LogP contribution in [-0.2, 0) is 22.7 Å². The van der Waals surface area contributed by atoms with Crippen molar-refractivity contribution in [3.8, 4) is 0 Å². The summed E-state index contributed by atoms with van der Waals surface area (Å²) < 4.78 is 7.69. The molecule has 0 spiro atoms. The Hall–Kier alpha value is -3.26. The summed E-state index contributed by atoms with van der Waals surface area (Å²) >= 11 is 6.34. The van der Waals surface area contributed by atoms with Crippen molar-refractivity contribution in [2.75, 3.05) is 29.9 Å². The van der Waals surface area contributed by atoms with Crippen molar-refractivity contribution in [2.24, 2.45) is 0 Å². The summed E-state index contributed by atoms with van der Waals surface area (Å²) in [5, 5.41) is 6.03. The van der Waals surface area contributed by atoms with Crippen LogP contribution in [-0.4, -0.2) is 47.1 Å². The van der Waals surface area contributed by atoms with Crippen LogP contribution >= 0.6 is 24.0 Å². The Balaban J connectivity index is 0.00000294. The first kappa shape index (κ1) is 26.4. The number of halogens is 2. The van der Waals surface area contributed by atoms with Gasteiger partial charge in [-0.25, -0.2) is 4.79 Å². The summed E-state index contributed by atoms with van der Waals surface area (Å²) in [5.41, 5.74) is 4.86. The molecular formula is C29H30Cl2N4O3. The molecule has 38 heavy (non-hydrogen) atoms. The van der Waals surface area contributed by atoms with Gasteiger partial charge in [-0.2, -0.15) is 0 Å². The number of aromatic nitrogens is 1. The number of anilines is 2. The number of ether oxygens (including phenoxy) is 1. The number of hydrogen-bond acceptors (Lipinski definition) is 4. The number of piperidine rings is 1. The normalized spacial score (nSPS) is 16.3. The van der Waals surface area contributed by atoms with Crippen LogP contribution in [0.2, 0.25) is 5.02 Å². The molecule has 0 atom stereocenters. The second kappa shape index (κ2) is 10.8. The van der Waals surface area contributed by atoms with Gasteiger partial charge in [0, 0.05) is 63.8 Å². The molecule has 6 rings (SSSR count). The third-order valence-corrected chi connectivity index (χ3v) is 7.91. The van der Waals surface area contributed by atoms with E-state index < -0.39 is 0 Å². The van der Waals surface area contributed by atoms with E-state index in [9.17, 15) is 9.59 Å². The highest BCUT2D eigenvalue weighted by Crippen LogP contribution is 2.36. The third kappa shape index (κ3) is 4.70. The summed E-state index contributed by atoms with van der Waals surface area (Å²) in [7, 11) is 0. The average Bonchev–Trinajstić information content (AvgIpc) is 3.22. The predicted octanol–water partition coefficient (Wildman–Crippen LogP) is 6.45. The molecule has 2 aliphatic heterocycles. The van der Waals surface area contributed by atoms with E-state index in [0.717, 1.165) is 54.8 Å². The van der Waals surface area contributed by atoms with E-state index in [4.69, 9.17) is 16.3 Å².